The Morgan fingerprint density at radius 2 is 1.73 bits per heavy atom. The van der Waals surface area contributed by atoms with E-state index in [4.69, 9.17) is 4.74 Å². The molecule has 2 aromatic rings. The molecule has 3 N–H and O–H groups in total. The molecule has 0 aliphatic carbocycles. The van der Waals surface area contributed by atoms with Crippen molar-refractivity contribution in [2.75, 3.05) is 25.5 Å². The van der Waals surface area contributed by atoms with E-state index in [9.17, 15) is 32.3 Å². The predicted molar refractivity (Wildman–Crippen MR) is 128 cm³/mol. The highest BCUT2D eigenvalue weighted by atomic mass is 19.4. The van der Waals surface area contributed by atoms with Gasteiger partial charge in [0, 0.05) is 18.7 Å². The Balaban J connectivity index is 1.63. The highest BCUT2D eigenvalue weighted by Gasteiger charge is 2.41. The van der Waals surface area contributed by atoms with Crippen LogP contribution in [0.25, 0.3) is 0 Å². The number of hydrogen-bond acceptors (Lipinski definition) is 5. The lowest BCUT2D eigenvalue weighted by atomic mass is 10.0. The third-order valence-corrected chi connectivity index (χ3v) is 5.81. The average Bonchev–Trinajstić information content (AvgIpc) is 3.37. The van der Waals surface area contributed by atoms with Gasteiger partial charge in [0.05, 0.1) is 13.7 Å². The maximum absolute atomic E-state index is 12.8. The molecule has 1 aliphatic rings. The van der Waals surface area contributed by atoms with Crippen LogP contribution < -0.4 is 20.7 Å². The molecule has 2 atom stereocenters. The zero-order chi connectivity index (χ0) is 27.0. The second kappa shape index (κ2) is 12.2. The van der Waals surface area contributed by atoms with Gasteiger partial charge >= 0.3 is 12.1 Å². The van der Waals surface area contributed by atoms with Gasteiger partial charge in [0.1, 0.15) is 17.8 Å². The monoisotopic (exact) mass is 520 g/mol. The van der Waals surface area contributed by atoms with Crippen LogP contribution in [0, 0.1) is 0 Å². The lowest BCUT2D eigenvalue weighted by Crippen LogP contribution is -2.54. The first-order valence-electron chi connectivity index (χ1n) is 11.5. The fourth-order valence-corrected chi connectivity index (χ4v) is 3.92. The van der Waals surface area contributed by atoms with Crippen molar-refractivity contribution in [3.05, 3.63) is 60.2 Å². The van der Waals surface area contributed by atoms with Crippen molar-refractivity contribution in [1.82, 2.24) is 15.5 Å². The topological polar surface area (TPSA) is 117 Å². The third-order valence-electron chi connectivity index (χ3n) is 5.81. The number of ether oxygens (including phenoxy) is 1. The molecule has 4 amide bonds. The molecule has 1 aliphatic heterocycles. The molecular formula is C25H27F3N4O5. The Morgan fingerprint density at radius 3 is 2.35 bits per heavy atom. The standard InChI is InChI=1S/C25H27F3N4O5/c1-37-18-11-9-16(10-12-18)14-19(31-24(36)25(26,27)28)22(34)29-15-21(33)32-13-5-8-20(32)23(35)30-17-6-3-2-4-7-17/h2-4,6-7,9-12,19-20H,5,8,13-15H2,1H3,(H,29,34)(H,30,35)(H,31,36)/t19-,20-/m0/s1. The minimum absolute atomic E-state index is 0.252. The van der Waals surface area contributed by atoms with E-state index < -0.39 is 42.5 Å². The summed E-state index contributed by atoms with van der Waals surface area (Å²) in [6, 6.07) is 12.6. The van der Waals surface area contributed by atoms with Crippen LogP contribution in [-0.4, -0.2) is 67.0 Å². The molecule has 2 aromatic carbocycles. The van der Waals surface area contributed by atoms with E-state index in [-0.39, 0.29) is 12.3 Å². The molecule has 1 saturated heterocycles. The Labute approximate surface area is 211 Å². The van der Waals surface area contributed by atoms with Crippen LogP contribution >= 0.6 is 0 Å². The number of rotatable bonds is 9. The first-order chi connectivity index (χ1) is 17.6. The van der Waals surface area contributed by atoms with Crippen molar-refractivity contribution in [2.24, 2.45) is 0 Å². The van der Waals surface area contributed by atoms with Gasteiger partial charge in [0.25, 0.3) is 0 Å². The summed E-state index contributed by atoms with van der Waals surface area (Å²) < 4.78 is 43.6. The molecule has 0 saturated carbocycles. The Bertz CT molecular complexity index is 1110. The maximum Gasteiger partial charge on any atom is 0.471 e. The molecule has 0 aromatic heterocycles. The molecule has 0 unspecified atom stereocenters. The number of benzene rings is 2. The number of amides is 4. The van der Waals surface area contributed by atoms with Gasteiger partial charge in [-0.1, -0.05) is 30.3 Å². The van der Waals surface area contributed by atoms with Gasteiger partial charge in [0.15, 0.2) is 0 Å². The average molecular weight is 521 g/mol. The summed E-state index contributed by atoms with van der Waals surface area (Å²) in [5, 5.41) is 6.72. The second-order valence-electron chi connectivity index (χ2n) is 8.39. The molecule has 12 heteroatoms. The smallest absolute Gasteiger partial charge is 0.471 e. The van der Waals surface area contributed by atoms with E-state index in [0.717, 1.165) is 0 Å². The quantitative estimate of drug-likeness (QED) is 0.468. The maximum atomic E-state index is 12.8. The number of para-hydroxylation sites is 1. The van der Waals surface area contributed by atoms with E-state index in [2.05, 4.69) is 10.6 Å². The SMILES string of the molecule is COc1ccc(C[C@H](NC(=O)C(F)(F)F)C(=O)NCC(=O)N2CCC[C@H]2C(=O)Nc2ccccc2)cc1. The fourth-order valence-electron chi connectivity index (χ4n) is 3.92. The number of carbonyl (C=O) groups is 4. The molecule has 1 fully saturated rings. The van der Waals surface area contributed by atoms with E-state index in [1.165, 1.54) is 12.0 Å². The van der Waals surface area contributed by atoms with Crippen molar-refractivity contribution in [1.29, 1.82) is 0 Å². The number of alkyl halides is 3. The number of carbonyl (C=O) groups excluding carboxylic acids is 4. The number of hydrogen-bond donors (Lipinski definition) is 3. The molecule has 9 nitrogen and oxygen atoms in total. The molecule has 198 valence electrons. The molecule has 3 rings (SSSR count). The molecule has 0 bridgehead atoms. The highest BCUT2D eigenvalue weighted by Crippen LogP contribution is 2.20. The molecule has 1 heterocycles. The third kappa shape index (κ3) is 7.69. The highest BCUT2D eigenvalue weighted by molar-refractivity contribution is 5.98. The second-order valence-corrected chi connectivity index (χ2v) is 8.39. The van der Waals surface area contributed by atoms with Crippen molar-refractivity contribution < 1.29 is 37.1 Å². The number of likely N-dealkylation sites (tertiary alicyclic amines) is 1. The molecular weight excluding hydrogens is 493 g/mol. The summed E-state index contributed by atoms with van der Waals surface area (Å²) in [4.78, 5) is 51.1. The van der Waals surface area contributed by atoms with Crippen molar-refractivity contribution in [3.63, 3.8) is 0 Å². The molecule has 0 spiro atoms. The number of nitrogens with one attached hydrogen (secondary N) is 3. The summed E-state index contributed by atoms with van der Waals surface area (Å²) >= 11 is 0. The fraction of sp³-hybridized carbons (Fsp3) is 0.360. The zero-order valence-corrected chi connectivity index (χ0v) is 20.0. The Morgan fingerprint density at radius 1 is 1.05 bits per heavy atom. The first kappa shape index (κ1) is 27.5. The molecule has 37 heavy (non-hydrogen) atoms. The Hall–Kier alpha value is -4.09. The van der Waals surface area contributed by atoms with E-state index in [1.807, 2.05) is 0 Å². The summed E-state index contributed by atoms with van der Waals surface area (Å²) in [6.45, 7) is -0.253. The Kier molecular flexibility index (Phi) is 9.10. The lowest BCUT2D eigenvalue weighted by molar-refractivity contribution is -0.174. The van der Waals surface area contributed by atoms with E-state index in [1.54, 1.807) is 59.9 Å². The summed E-state index contributed by atoms with van der Waals surface area (Å²) in [5.74, 6) is -3.68. The van der Waals surface area contributed by atoms with Crippen LogP contribution in [0.3, 0.4) is 0 Å². The lowest BCUT2D eigenvalue weighted by Gasteiger charge is -2.25. The normalized spacial score (nSPS) is 16.0. The van der Waals surface area contributed by atoms with E-state index in [0.29, 0.717) is 36.4 Å². The number of halogens is 3. The van der Waals surface area contributed by atoms with Gasteiger partial charge in [-0.05, 0) is 42.7 Å². The largest absolute Gasteiger partial charge is 0.497 e. The minimum Gasteiger partial charge on any atom is -0.497 e. The van der Waals surface area contributed by atoms with Gasteiger partial charge in [-0.15, -0.1) is 0 Å². The van der Waals surface area contributed by atoms with Crippen LogP contribution in [0.5, 0.6) is 5.75 Å². The number of nitrogens with zero attached hydrogens (tertiary/aromatic N) is 1. The van der Waals surface area contributed by atoms with Crippen LogP contribution in [0.15, 0.2) is 54.6 Å². The minimum atomic E-state index is -5.19. The van der Waals surface area contributed by atoms with Gasteiger partial charge < -0.3 is 25.6 Å². The van der Waals surface area contributed by atoms with Crippen LogP contribution in [-0.2, 0) is 25.6 Å². The van der Waals surface area contributed by atoms with Gasteiger partial charge in [0.2, 0.25) is 17.7 Å². The van der Waals surface area contributed by atoms with Gasteiger partial charge in [-0.3, -0.25) is 19.2 Å². The van der Waals surface area contributed by atoms with Gasteiger partial charge in [-0.25, -0.2) is 0 Å². The van der Waals surface area contributed by atoms with Crippen LogP contribution in [0.2, 0.25) is 0 Å². The van der Waals surface area contributed by atoms with Crippen LogP contribution in [0.4, 0.5) is 18.9 Å². The summed E-state index contributed by atoms with van der Waals surface area (Å²) in [6.07, 6.45) is -4.44. The van der Waals surface area contributed by atoms with Gasteiger partial charge in [-0.2, -0.15) is 13.2 Å². The first-order valence-corrected chi connectivity index (χ1v) is 11.5. The van der Waals surface area contributed by atoms with Crippen molar-refractivity contribution in [2.45, 2.75) is 37.5 Å². The summed E-state index contributed by atoms with van der Waals surface area (Å²) in [5.41, 5.74) is 1.04. The number of anilines is 1. The van der Waals surface area contributed by atoms with Crippen molar-refractivity contribution >= 4 is 29.3 Å². The summed E-state index contributed by atoms with van der Waals surface area (Å²) in [7, 11) is 1.45. The zero-order valence-electron chi connectivity index (χ0n) is 20.0. The van der Waals surface area contributed by atoms with E-state index >= 15 is 0 Å². The molecule has 0 radical (unpaired) electrons. The predicted octanol–water partition coefficient (Wildman–Crippen LogP) is 2.03. The number of methoxy groups -OCH3 is 1. The van der Waals surface area contributed by atoms with Crippen molar-refractivity contribution in [3.8, 4) is 5.75 Å². The van der Waals surface area contributed by atoms with Crippen LogP contribution in [0.1, 0.15) is 18.4 Å².